The minimum atomic E-state index is -4.62. The first kappa shape index (κ1) is 16.5. The molecular weight excluding hydrogens is 256 g/mol. The predicted molar refractivity (Wildman–Crippen MR) is 52.9 cm³/mol. The van der Waals surface area contributed by atoms with E-state index in [2.05, 4.69) is 0 Å². The van der Waals surface area contributed by atoms with Crippen LogP contribution in [0.5, 0.6) is 0 Å². The van der Waals surface area contributed by atoms with E-state index in [4.69, 9.17) is 5.11 Å². The zero-order valence-corrected chi connectivity index (χ0v) is 8.75. The predicted octanol–water partition coefficient (Wildman–Crippen LogP) is 3.25. The SMILES string of the molecule is Cl.Cl.O=C(O)c1ccccc1C(F)(F)F. The Labute approximate surface area is 95.9 Å². The van der Waals surface area contributed by atoms with E-state index in [1.165, 1.54) is 6.07 Å². The van der Waals surface area contributed by atoms with Gasteiger partial charge in [-0.2, -0.15) is 13.2 Å². The van der Waals surface area contributed by atoms with E-state index in [1.54, 1.807) is 0 Å². The summed E-state index contributed by atoms with van der Waals surface area (Å²) in [5.41, 5.74) is -1.85. The highest BCUT2D eigenvalue weighted by atomic mass is 35.5. The maximum atomic E-state index is 12.1. The first-order valence-electron chi connectivity index (χ1n) is 3.32. The van der Waals surface area contributed by atoms with Gasteiger partial charge < -0.3 is 5.11 Å². The van der Waals surface area contributed by atoms with Gasteiger partial charge in [-0.15, -0.1) is 24.8 Å². The first-order chi connectivity index (χ1) is 5.93. The summed E-state index contributed by atoms with van der Waals surface area (Å²) in [7, 11) is 0. The number of carbonyl (C=O) groups is 1. The molecule has 0 aromatic heterocycles. The smallest absolute Gasteiger partial charge is 0.417 e. The van der Waals surface area contributed by atoms with Crippen molar-refractivity contribution in [1.82, 2.24) is 0 Å². The van der Waals surface area contributed by atoms with Gasteiger partial charge in [0.1, 0.15) is 0 Å². The number of hydrogen-bond acceptors (Lipinski definition) is 1. The summed E-state index contributed by atoms with van der Waals surface area (Å²) in [5.74, 6) is -1.58. The van der Waals surface area contributed by atoms with E-state index < -0.39 is 23.3 Å². The van der Waals surface area contributed by atoms with Gasteiger partial charge >= 0.3 is 12.1 Å². The van der Waals surface area contributed by atoms with Crippen molar-refractivity contribution in [3.8, 4) is 0 Å². The topological polar surface area (TPSA) is 37.3 Å². The van der Waals surface area contributed by atoms with Crippen molar-refractivity contribution in [2.45, 2.75) is 6.18 Å². The third kappa shape index (κ3) is 3.97. The molecule has 1 rings (SSSR count). The van der Waals surface area contributed by atoms with Gasteiger partial charge in [-0.1, -0.05) is 12.1 Å². The summed E-state index contributed by atoms with van der Waals surface area (Å²) < 4.78 is 36.4. The molecule has 0 saturated heterocycles. The molecule has 0 aliphatic carbocycles. The summed E-state index contributed by atoms with van der Waals surface area (Å²) in [4.78, 5) is 10.4. The summed E-state index contributed by atoms with van der Waals surface area (Å²) >= 11 is 0. The number of rotatable bonds is 1. The van der Waals surface area contributed by atoms with Crippen LogP contribution in [0.25, 0.3) is 0 Å². The molecule has 0 fully saturated rings. The van der Waals surface area contributed by atoms with Crippen molar-refractivity contribution < 1.29 is 23.1 Å². The van der Waals surface area contributed by atoms with Gasteiger partial charge in [-0.3, -0.25) is 0 Å². The van der Waals surface area contributed by atoms with E-state index in [0.717, 1.165) is 18.2 Å². The normalized spacial score (nSPS) is 9.80. The van der Waals surface area contributed by atoms with Crippen LogP contribution in [0.2, 0.25) is 0 Å². The second-order valence-electron chi connectivity index (χ2n) is 2.35. The van der Waals surface area contributed by atoms with Crippen LogP contribution >= 0.6 is 24.8 Å². The van der Waals surface area contributed by atoms with Crippen LogP contribution in [-0.4, -0.2) is 11.1 Å². The lowest BCUT2D eigenvalue weighted by Gasteiger charge is -2.08. The first-order valence-corrected chi connectivity index (χ1v) is 3.32. The Morgan fingerprint density at radius 3 is 1.93 bits per heavy atom. The number of aromatic carboxylic acids is 1. The third-order valence-corrected chi connectivity index (χ3v) is 1.46. The summed E-state index contributed by atoms with van der Waals surface area (Å²) in [6.07, 6.45) is -4.62. The van der Waals surface area contributed by atoms with E-state index in [0.29, 0.717) is 0 Å². The molecule has 0 heterocycles. The van der Waals surface area contributed by atoms with E-state index in [-0.39, 0.29) is 24.8 Å². The molecule has 0 radical (unpaired) electrons. The van der Waals surface area contributed by atoms with Crippen molar-refractivity contribution in [3.63, 3.8) is 0 Å². The molecular formula is C8H7Cl2F3O2. The lowest BCUT2D eigenvalue weighted by molar-refractivity contribution is -0.138. The Morgan fingerprint density at radius 1 is 1.13 bits per heavy atom. The minimum absolute atomic E-state index is 0. The molecule has 0 atom stereocenters. The fourth-order valence-corrected chi connectivity index (χ4v) is 0.917. The van der Waals surface area contributed by atoms with E-state index >= 15 is 0 Å². The zero-order chi connectivity index (χ0) is 10.1. The monoisotopic (exact) mass is 262 g/mol. The number of carboxylic acids is 1. The van der Waals surface area contributed by atoms with Crippen LogP contribution in [0.1, 0.15) is 15.9 Å². The molecule has 86 valence electrons. The number of benzene rings is 1. The Hall–Kier alpha value is -0.940. The number of alkyl halides is 3. The van der Waals surface area contributed by atoms with Crippen molar-refractivity contribution in [3.05, 3.63) is 35.4 Å². The molecule has 2 nitrogen and oxygen atoms in total. The van der Waals surface area contributed by atoms with Gasteiger partial charge in [0.15, 0.2) is 0 Å². The van der Waals surface area contributed by atoms with Crippen LogP contribution in [0.3, 0.4) is 0 Å². The van der Waals surface area contributed by atoms with Gasteiger partial charge in [-0.05, 0) is 12.1 Å². The number of carboxylic acid groups (broad SMARTS) is 1. The Bertz CT molecular complexity index is 339. The van der Waals surface area contributed by atoms with Gasteiger partial charge in [0.2, 0.25) is 0 Å². The molecule has 1 N–H and O–H groups in total. The molecule has 0 aliphatic heterocycles. The molecule has 0 spiro atoms. The highest BCUT2D eigenvalue weighted by Gasteiger charge is 2.34. The molecule has 15 heavy (non-hydrogen) atoms. The molecule has 7 heteroatoms. The molecule has 0 aliphatic rings. The van der Waals surface area contributed by atoms with Crippen molar-refractivity contribution in [2.75, 3.05) is 0 Å². The van der Waals surface area contributed by atoms with Crippen molar-refractivity contribution in [1.29, 1.82) is 0 Å². The van der Waals surface area contributed by atoms with Crippen LogP contribution in [0.4, 0.5) is 13.2 Å². The van der Waals surface area contributed by atoms with Gasteiger partial charge in [0, 0.05) is 0 Å². The Balaban J connectivity index is 0. The van der Waals surface area contributed by atoms with E-state index in [1.807, 2.05) is 0 Å². The summed E-state index contributed by atoms with van der Waals surface area (Å²) in [6, 6.07) is 4.06. The maximum Gasteiger partial charge on any atom is 0.417 e. The van der Waals surface area contributed by atoms with Crippen molar-refractivity contribution >= 4 is 30.8 Å². The molecule has 0 amide bonds. The molecule has 0 bridgehead atoms. The molecule has 1 aromatic rings. The standard InChI is InChI=1S/C8H5F3O2.2ClH/c9-8(10,11)6-4-2-1-3-5(6)7(12)13;;/h1-4H,(H,12,13);2*1H. The van der Waals surface area contributed by atoms with Crippen LogP contribution in [0, 0.1) is 0 Å². The van der Waals surface area contributed by atoms with Gasteiger partial charge in [-0.25, -0.2) is 4.79 Å². The van der Waals surface area contributed by atoms with E-state index in [9.17, 15) is 18.0 Å². The summed E-state index contributed by atoms with van der Waals surface area (Å²) in [5, 5.41) is 8.43. The number of hydrogen-bond donors (Lipinski definition) is 1. The zero-order valence-electron chi connectivity index (χ0n) is 7.12. The number of halogens is 5. The fraction of sp³-hybridized carbons (Fsp3) is 0.125. The molecule has 0 saturated carbocycles. The highest BCUT2D eigenvalue weighted by Crippen LogP contribution is 2.31. The summed E-state index contributed by atoms with van der Waals surface area (Å²) in [6.45, 7) is 0. The maximum absolute atomic E-state index is 12.1. The molecule has 1 aromatic carbocycles. The van der Waals surface area contributed by atoms with Crippen molar-refractivity contribution in [2.24, 2.45) is 0 Å². The van der Waals surface area contributed by atoms with Crippen LogP contribution < -0.4 is 0 Å². The second-order valence-corrected chi connectivity index (χ2v) is 2.35. The fourth-order valence-electron chi connectivity index (χ4n) is 0.917. The largest absolute Gasteiger partial charge is 0.478 e. The average molecular weight is 263 g/mol. The minimum Gasteiger partial charge on any atom is -0.478 e. The lowest BCUT2D eigenvalue weighted by Crippen LogP contribution is -2.12. The highest BCUT2D eigenvalue weighted by molar-refractivity contribution is 5.89. The quantitative estimate of drug-likeness (QED) is 0.844. The van der Waals surface area contributed by atoms with Crippen LogP contribution in [0.15, 0.2) is 24.3 Å². The second kappa shape index (κ2) is 5.82. The Kier molecular flexibility index (Phi) is 6.40. The van der Waals surface area contributed by atoms with Gasteiger partial charge in [0.25, 0.3) is 0 Å². The third-order valence-electron chi connectivity index (χ3n) is 1.46. The molecule has 0 unspecified atom stereocenters. The average Bonchev–Trinajstić information content (AvgIpc) is 2.03. The lowest BCUT2D eigenvalue weighted by atomic mass is 10.1. The van der Waals surface area contributed by atoms with Crippen LogP contribution in [-0.2, 0) is 6.18 Å². The Morgan fingerprint density at radius 2 is 1.60 bits per heavy atom. The van der Waals surface area contributed by atoms with Gasteiger partial charge in [0.05, 0.1) is 11.1 Å².